The Labute approximate surface area is 171 Å². The SMILES string of the molecule is C[C@@H]1CCC(O)(c2ccc(F)cc2)[C@@]2(C)CC[C@H]3[C@H](C)CC[C@@H](C[C@H]12)C3(C)C. The van der Waals surface area contributed by atoms with Gasteiger partial charge in [0.15, 0.2) is 0 Å². The van der Waals surface area contributed by atoms with Gasteiger partial charge in [-0.3, -0.25) is 0 Å². The highest BCUT2D eigenvalue weighted by molar-refractivity contribution is 5.28. The highest BCUT2D eigenvalue weighted by Gasteiger charge is 2.59. The van der Waals surface area contributed by atoms with E-state index >= 15 is 0 Å². The van der Waals surface area contributed by atoms with Gasteiger partial charge >= 0.3 is 0 Å². The normalized spacial score (nSPS) is 45.6. The van der Waals surface area contributed by atoms with E-state index in [0.717, 1.165) is 42.6 Å². The highest BCUT2D eigenvalue weighted by atomic mass is 19.1. The van der Waals surface area contributed by atoms with Crippen LogP contribution >= 0.6 is 0 Å². The summed E-state index contributed by atoms with van der Waals surface area (Å²) in [6.45, 7) is 12.2. The molecule has 0 aliphatic heterocycles. The third-order valence-corrected chi connectivity index (χ3v) is 9.91. The molecule has 0 aromatic heterocycles. The van der Waals surface area contributed by atoms with Gasteiger partial charge in [-0.15, -0.1) is 0 Å². The van der Waals surface area contributed by atoms with Crippen LogP contribution in [-0.4, -0.2) is 5.11 Å². The molecule has 0 saturated heterocycles. The second-order valence-electron chi connectivity index (χ2n) is 11.4. The zero-order chi connectivity index (χ0) is 20.3. The predicted molar refractivity (Wildman–Crippen MR) is 113 cm³/mol. The molecule has 3 saturated carbocycles. The van der Waals surface area contributed by atoms with Crippen LogP contribution in [0, 0.1) is 46.2 Å². The van der Waals surface area contributed by atoms with E-state index in [4.69, 9.17) is 0 Å². The number of hydrogen-bond donors (Lipinski definition) is 1. The zero-order valence-electron chi connectivity index (χ0n) is 18.5. The molecule has 1 nitrogen and oxygen atoms in total. The average Bonchev–Trinajstić information content (AvgIpc) is 2.63. The van der Waals surface area contributed by atoms with E-state index in [9.17, 15) is 9.50 Å². The number of benzene rings is 1. The first-order valence-electron chi connectivity index (χ1n) is 11.6. The minimum absolute atomic E-state index is 0.146. The fourth-order valence-corrected chi connectivity index (χ4v) is 7.86. The van der Waals surface area contributed by atoms with Gasteiger partial charge in [0, 0.05) is 5.41 Å². The van der Waals surface area contributed by atoms with Crippen molar-refractivity contribution in [1.82, 2.24) is 0 Å². The van der Waals surface area contributed by atoms with Crippen LogP contribution in [0.3, 0.4) is 0 Å². The predicted octanol–water partition coefficient (Wildman–Crippen LogP) is 6.94. The summed E-state index contributed by atoms with van der Waals surface area (Å²) in [7, 11) is 0. The van der Waals surface area contributed by atoms with Gasteiger partial charge in [-0.25, -0.2) is 4.39 Å². The Morgan fingerprint density at radius 3 is 2.18 bits per heavy atom. The van der Waals surface area contributed by atoms with Crippen LogP contribution in [0.15, 0.2) is 24.3 Å². The maximum atomic E-state index is 13.6. The van der Waals surface area contributed by atoms with Crippen molar-refractivity contribution in [3.63, 3.8) is 0 Å². The van der Waals surface area contributed by atoms with Crippen LogP contribution in [0.5, 0.6) is 0 Å². The van der Waals surface area contributed by atoms with Crippen molar-refractivity contribution in [2.75, 3.05) is 0 Å². The molecule has 3 aliphatic carbocycles. The Morgan fingerprint density at radius 2 is 1.50 bits per heavy atom. The molecule has 0 radical (unpaired) electrons. The van der Waals surface area contributed by atoms with Crippen LogP contribution in [-0.2, 0) is 5.60 Å². The summed E-state index contributed by atoms with van der Waals surface area (Å²) >= 11 is 0. The van der Waals surface area contributed by atoms with Crippen molar-refractivity contribution in [1.29, 1.82) is 0 Å². The van der Waals surface area contributed by atoms with Gasteiger partial charge in [-0.1, -0.05) is 53.2 Å². The summed E-state index contributed by atoms with van der Waals surface area (Å²) < 4.78 is 13.6. The van der Waals surface area contributed by atoms with Gasteiger partial charge < -0.3 is 5.11 Å². The molecule has 3 aliphatic rings. The monoisotopic (exact) mass is 386 g/mol. The van der Waals surface area contributed by atoms with Crippen molar-refractivity contribution in [3.05, 3.63) is 35.6 Å². The lowest BCUT2D eigenvalue weighted by Gasteiger charge is -2.61. The molecule has 1 aromatic rings. The Hall–Kier alpha value is -0.890. The Balaban J connectivity index is 1.77. The van der Waals surface area contributed by atoms with Crippen molar-refractivity contribution >= 4 is 0 Å². The molecule has 1 N–H and O–H groups in total. The first-order valence-corrected chi connectivity index (χ1v) is 11.6. The quantitative estimate of drug-likeness (QED) is 0.554. The lowest BCUT2D eigenvalue weighted by Crippen LogP contribution is -2.57. The van der Waals surface area contributed by atoms with E-state index in [1.54, 1.807) is 0 Å². The van der Waals surface area contributed by atoms with Gasteiger partial charge in [0.05, 0.1) is 5.60 Å². The minimum atomic E-state index is -0.850. The topological polar surface area (TPSA) is 20.2 Å². The fourth-order valence-electron chi connectivity index (χ4n) is 7.86. The van der Waals surface area contributed by atoms with E-state index in [2.05, 4.69) is 34.6 Å². The standard InChI is InChI=1S/C26H39FO/c1-17-6-7-20-16-23-18(2)12-15-26(28,19-8-10-21(27)11-9-19)25(23,5)14-13-22(17)24(20,3)4/h8-11,17-18,20,22-23,28H,6-7,12-16H2,1-5H3/t17-,18-,20+,22+,23-,25+,26?/m1/s1. The van der Waals surface area contributed by atoms with Crippen molar-refractivity contribution in [2.45, 2.75) is 85.2 Å². The van der Waals surface area contributed by atoms with E-state index in [0.29, 0.717) is 17.3 Å². The zero-order valence-corrected chi connectivity index (χ0v) is 18.5. The molecule has 2 bridgehead atoms. The third kappa shape index (κ3) is 2.89. The highest BCUT2D eigenvalue weighted by Crippen LogP contribution is 2.64. The molecule has 0 heterocycles. The summed E-state index contributed by atoms with van der Waals surface area (Å²) in [5, 5.41) is 12.2. The molecule has 1 unspecified atom stereocenters. The Morgan fingerprint density at radius 1 is 0.857 bits per heavy atom. The van der Waals surface area contributed by atoms with E-state index < -0.39 is 5.60 Å². The van der Waals surface area contributed by atoms with Crippen LogP contribution in [0.4, 0.5) is 4.39 Å². The van der Waals surface area contributed by atoms with Crippen LogP contribution in [0.25, 0.3) is 0 Å². The third-order valence-electron chi connectivity index (χ3n) is 9.91. The van der Waals surface area contributed by atoms with Crippen molar-refractivity contribution in [3.8, 4) is 0 Å². The number of fused-ring (bicyclic) bond motifs is 3. The molecule has 0 amide bonds. The molecule has 3 fully saturated rings. The molecule has 4 rings (SSSR count). The largest absolute Gasteiger partial charge is 0.385 e. The first-order chi connectivity index (χ1) is 13.1. The first kappa shape index (κ1) is 20.4. The molecule has 1 aromatic carbocycles. The molecule has 7 atom stereocenters. The van der Waals surface area contributed by atoms with E-state index in [-0.39, 0.29) is 11.2 Å². The Bertz CT molecular complexity index is 710. The van der Waals surface area contributed by atoms with E-state index in [1.165, 1.54) is 37.8 Å². The molecule has 156 valence electrons. The summed E-state index contributed by atoms with van der Waals surface area (Å²) in [5.74, 6) is 3.19. The lowest BCUT2D eigenvalue weighted by atomic mass is 9.45. The average molecular weight is 387 g/mol. The maximum absolute atomic E-state index is 13.6. The van der Waals surface area contributed by atoms with Gasteiger partial charge in [-0.05, 0) is 91.2 Å². The van der Waals surface area contributed by atoms with Crippen LogP contribution in [0.1, 0.15) is 85.1 Å². The molecular formula is C26H39FO. The summed E-state index contributed by atoms with van der Waals surface area (Å²) in [5.41, 5.74) is 0.319. The minimum Gasteiger partial charge on any atom is -0.385 e. The number of halogens is 1. The molecule has 28 heavy (non-hydrogen) atoms. The van der Waals surface area contributed by atoms with Gasteiger partial charge in [0.1, 0.15) is 5.82 Å². The summed E-state index contributed by atoms with van der Waals surface area (Å²) in [6, 6.07) is 6.71. The van der Waals surface area contributed by atoms with Crippen molar-refractivity contribution in [2.24, 2.45) is 40.4 Å². The molecular weight excluding hydrogens is 347 g/mol. The maximum Gasteiger partial charge on any atom is 0.123 e. The van der Waals surface area contributed by atoms with Gasteiger partial charge in [0.25, 0.3) is 0 Å². The van der Waals surface area contributed by atoms with Crippen molar-refractivity contribution < 1.29 is 9.50 Å². The molecule has 2 heteroatoms. The smallest absolute Gasteiger partial charge is 0.123 e. The van der Waals surface area contributed by atoms with Gasteiger partial charge in [-0.2, -0.15) is 0 Å². The second kappa shape index (κ2) is 6.83. The lowest BCUT2D eigenvalue weighted by molar-refractivity contribution is -0.187. The molecule has 0 spiro atoms. The fraction of sp³-hybridized carbons (Fsp3) is 0.769. The number of rotatable bonds is 1. The second-order valence-corrected chi connectivity index (χ2v) is 11.4. The summed E-state index contributed by atoms with van der Waals surface area (Å²) in [6.07, 6.45) is 8.05. The summed E-state index contributed by atoms with van der Waals surface area (Å²) in [4.78, 5) is 0. The number of hydrogen-bond acceptors (Lipinski definition) is 1. The number of aliphatic hydroxyl groups is 1. The Kier molecular flexibility index (Phi) is 4.97. The van der Waals surface area contributed by atoms with Crippen LogP contribution in [0.2, 0.25) is 0 Å². The van der Waals surface area contributed by atoms with Crippen LogP contribution < -0.4 is 0 Å². The van der Waals surface area contributed by atoms with Gasteiger partial charge in [0.2, 0.25) is 0 Å². The van der Waals surface area contributed by atoms with E-state index in [1.807, 2.05) is 12.1 Å².